The van der Waals surface area contributed by atoms with Crippen molar-refractivity contribution >= 4 is 11.6 Å². The highest BCUT2D eigenvalue weighted by molar-refractivity contribution is 5.90. The van der Waals surface area contributed by atoms with Crippen molar-refractivity contribution < 1.29 is 4.79 Å². The van der Waals surface area contributed by atoms with Crippen molar-refractivity contribution in [1.29, 1.82) is 5.26 Å². The predicted molar refractivity (Wildman–Crippen MR) is 99.4 cm³/mol. The molecule has 1 N–H and O–H groups in total. The van der Waals surface area contributed by atoms with Crippen LogP contribution < -0.4 is 5.32 Å². The van der Waals surface area contributed by atoms with Crippen molar-refractivity contribution in [3.05, 3.63) is 46.8 Å². The van der Waals surface area contributed by atoms with Crippen LogP contribution in [0.1, 0.15) is 55.1 Å². The molecule has 0 bridgehead atoms. The van der Waals surface area contributed by atoms with Gasteiger partial charge in [-0.3, -0.25) is 9.48 Å². The van der Waals surface area contributed by atoms with E-state index in [2.05, 4.69) is 36.4 Å². The molecule has 1 aromatic carbocycles. The fourth-order valence-corrected chi connectivity index (χ4v) is 2.91. The van der Waals surface area contributed by atoms with Crippen LogP contribution in [0, 0.1) is 25.2 Å². The van der Waals surface area contributed by atoms with Gasteiger partial charge in [0.25, 0.3) is 0 Å². The lowest BCUT2D eigenvalue weighted by atomic mass is 10.0. The Balaban J connectivity index is 1.97. The minimum Gasteiger partial charge on any atom is -0.326 e. The zero-order valence-corrected chi connectivity index (χ0v) is 15.5. The Hall–Kier alpha value is -2.61. The second-order valence-corrected chi connectivity index (χ2v) is 6.61. The first-order valence-corrected chi connectivity index (χ1v) is 8.72. The number of rotatable bonds is 7. The Morgan fingerprint density at radius 1 is 1.36 bits per heavy atom. The van der Waals surface area contributed by atoms with E-state index >= 15 is 0 Å². The summed E-state index contributed by atoms with van der Waals surface area (Å²) in [5.74, 6) is 0.436. The van der Waals surface area contributed by atoms with Gasteiger partial charge in [0.1, 0.15) is 0 Å². The summed E-state index contributed by atoms with van der Waals surface area (Å²) in [6, 6.07) is 10.1. The molecule has 0 saturated heterocycles. The van der Waals surface area contributed by atoms with Gasteiger partial charge in [-0.15, -0.1) is 0 Å². The normalized spacial score (nSPS) is 10.7. The minimum absolute atomic E-state index is 0.00415. The van der Waals surface area contributed by atoms with E-state index in [-0.39, 0.29) is 5.91 Å². The molecule has 2 rings (SSSR count). The molecule has 0 saturated carbocycles. The highest BCUT2D eigenvalue weighted by Gasteiger charge is 2.13. The van der Waals surface area contributed by atoms with Crippen LogP contribution in [0.3, 0.4) is 0 Å². The lowest BCUT2D eigenvalue weighted by Gasteiger charge is -2.10. The lowest BCUT2D eigenvalue weighted by Crippen LogP contribution is -2.13. The van der Waals surface area contributed by atoms with Gasteiger partial charge in [0.05, 0.1) is 24.7 Å². The highest BCUT2D eigenvalue weighted by Crippen LogP contribution is 2.19. The Morgan fingerprint density at radius 2 is 2.12 bits per heavy atom. The summed E-state index contributed by atoms with van der Waals surface area (Å²) < 4.78 is 1.86. The van der Waals surface area contributed by atoms with Gasteiger partial charge in [0, 0.05) is 17.8 Å². The molecule has 1 aromatic heterocycles. The van der Waals surface area contributed by atoms with Gasteiger partial charge in [-0.05, 0) is 49.4 Å². The van der Waals surface area contributed by atoms with Gasteiger partial charge < -0.3 is 5.32 Å². The van der Waals surface area contributed by atoms with Gasteiger partial charge in [-0.1, -0.05) is 26.0 Å². The Bertz CT molecular complexity index is 783. The first-order valence-electron chi connectivity index (χ1n) is 8.72. The van der Waals surface area contributed by atoms with Crippen LogP contribution in [0.25, 0.3) is 0 Å². The summed E-state index contributed by atoms with van der Waals surface area (Å²) in [6.45, 7) is 8.82. The van der Waals surface area contributed by atoms with E-state index in [9.17, 15) is 4.79 Å². The molecule has 1 heterocycles. The number of nitrogens with one attached hydrogen (secondary N) is 1. The number of carbonyl (C=O) groups excluding carboxylic acids is 1. The molecule has 0 aliphatic carbocycles. The molecule has 2 aromatic rings. The van der Waals surface area contributed by atoms with E-state index in [0.29, 0.717) is 31.7 Å². The third kappa shape index (κ3) is 4.93. The van der Waals surface area contributed by atoms with Gasteiger partial charge >= 0.3 is 0 Å². The second-order valence-electron chi connectivity index (χ2n) is 6.61. The Morgan fingerprint density at radius 3 is 2.80 bits per heavy atom. The van der Waals surface area contributed by atoms with E-state index in [1.165, 1.54) is 5.56 Å². The molecule has 0 fully saturated rings. The molecule has 0 unspecified atom stereocenters. The van der Waals surface area contributed by atoms with Crippen molar-refractivity contribution in [1.82, 2.24) is 9.78 Å². The molecule has 5 heteroatoms. The SMILES string of the molecule is Cc1nn(CCC#N)c(C)c1CCC(=O)Nc1cccc(C(C)C)c1. The Kier molecular flexibility index (Phi) is 6.35. The van der Waals surface area contributed by atoms with Crippen LogP contribution in [0.2, 0.25) is 0 Å². The zero-order valence-electron chi connectivity index (χ0n) is 15.5. The van der Waals surface area contributed by atoms with E-state index < -0.39 is 0 Å². The van der Waals surface area contributed by atoms with Gasteiger partial charge in [0.2, 0.25) is 5.91 Å². The number of anilines is 1. The van der Waals surface area contributed by atoms with Crippen molar-refractivity contribution in [3.63, 3.8) is 0 Å². The molecular formula is C20H26N4O. The van der Waals surface area contributed by atoms with Gasteiger partial charge in [-0.2, -0.15) is 10.4 Å². The van der Waals surface area contributed by atoms with Crippen molar-refractivity contribution in [3.8, 4) is 6.07 Å². The number of hydrogen-bond donors (Lipinski definition) is 1. The lowest BCUT2D eigenvalue weighted by molar-refractivity contribution is -0.116. The quantitative estimate of drug-likeness (QED) is 0.826. The number of amides is 1. The van der Waals surface area contributed by atoms with Crippen LogP contribution in [-0.2, 0) is 17.8 Å². The average Bonchev–Trinajstić information content (AvgIpc) is 2.85. The average molecular weight is 338 g/mol. The number of benzene rings is 1. The fourth-order valence-electron chi connectivity index (χ4n) is 2.91. The van der Waals surface area contributed by atoms with Crippen molar-refractivity contribution in [2.75, 3.05) is 5.32 Å². The number of nitriles is 1. The number of carbonyl (C=O) groups is 1. The molecule has 1 amide bonds. The molecule has 0 aliphatic rings. The summed E-state index contributed by atoms with van der Waals surface area (Å²) in [6.07, 6.45) is 1.51. The molecular weight excluding hydrogens is 312 g/mol. The maximum Gasteiger partial charge on any atom is 0.224 e. The van der Waals surface area contributed by atoms with Crippen LogP contribution >= 0.6 is 0 Å². The maximum atomic E-state index is 12.3. The summed E-state index contributed by atoms with van der Waals surface area (Å²) in [4.78, 5) is 12.3. The Labute approximate surface area is 149 Å². The summed E-state index contributed by atoms with van der Waals surface area (Å²) in [5, 5.41) is 16.2. The highest BCUT2D eigenvalue weighted by atomic mass is 16.1. The van der Waals surface area contributed by atoms with Gasteiger partial charge in [-0.25, -0.2) is 0 Å². The molecule has 5 nitrogen and oxygen atoms in total. The molecule has 0 radical (unpaired) electrons. The molecule has 25 heavy (non-hydrogen) atoms. The number of hydrogen-bond acceptors (Lipinski definition) is 3. The number of nitrogens with zero attached hydrogens (tertiary/aromatic N) is 3. The summed E-state index contributed by atoms with van der Waals surface area (Å²) >= 11 is 0. The smallest absolute Gasteiger partial charge is 0.224 e. The maximum absolute atomic E-state index is 12.3. The largest absolute Gasteiger partial charge is 0.326 e. The second kappa shape index (κ2) is 8.48. The van der Waals surface area contributed by atoms with Crippen molar-refractivity contribution in [2.45, 2.75) is 59.4 Å². The molecule has 132 valence electrons. The van der Waals surface area contributed by atoms with E-state index in [1.54, 1.807) is 0 Å². The zero-order chi connectivity index (χ0) is 18.4. The topological polar surface area (TPSA) is 70.7 Å². The molecule has 0 aliphatic heterocycles. The molecule has 0 spiro atoms. The van der Waals surface area contributed by atoms with E-state index in [0.717, 1.165) is 22.6 Å². The monoisotopic (exact) mass is 338 g/mol. The number of aryl methyl sites for hydroxylation is 2. The number of aromatic nitrogens is 2. The van der Waals surface area contributed by atoms with Crippen LogP contribution in [0.5, 0.6) is 0 Å². The fraction of sp³-hybridized carbons (Fsp3) is 0.450. The first-order chi connectivity index (χ1) is 11.9. The minimum atomic E-state index is 0.00415. The third-order valence-electron chi connectivity index (χ3n) is 4.41. The summed E-state index contributed by atoms with van der Waals surface area (Å²) in [5.41, 5.74) is 5.13. The predicted octanol–water partition coefficient (Wildman–Crippen LogP) is 4.11. The summed E-state index contributed by atoms with van der Waals surface area (Å²) in [7, 11) is 0. The van der Waals surface area contributed by atoms with Crippen molar-refractivity contribution in [2.24, 2.45) is 0 Å². The van der Waals surface area contributed by atoms with Gasteiger partial charge in [0.15, 0.2) is 0 Å². The molecule has 0 atom stereocenters. The first kappa shape index (κ1) is 18.7. The third-order valence-corrected chi connectivity index (χ3v) is 4.41. The van der Waals surface area contributed by atoms with Crippen LogP contribution in [0.4, 0.5) is 5.69 Å². The van der Waals surface area contributed by atoms with E-state index in [4.69, 9.17) is 5.26 Å². The standard InChI is InChI=1S/C20H26N4O/c1-14(2)17-7-5-8-18(13-17)22-20(25)10-9-19-15(3)23-24(16(19)4)12-6-11-21/h5,7-8,13-14H,6,9-10,12H2,1-4H3,(H,22,25). The van der Waals surface area contributed by atoms with E-state index in [1.807, 2.05) is 36.7 Å². The van der Waals surface area contributed by atoms with Crippen LogP contribution in [-0.4, -0.2) is 15.7 Å². The van der Waals surface area contributed by atoms with Crippen LogP contribution in [0.15, 0.2) is 24.3 Å².